The Morgan fingerprint density at radius 2 is 2.10 bits per heavy atom. The van der Waals surface area contributed by atoms with Gasteiger partial charge in [-0.25, -0.2) is 4.79 Å². The van der Waals surface area contributed by atoms with E-state index >= 15 is 0 Å². The zero-order chi connectivity index (χ0) is 14.7. The molecule has 2 rings (SSSR count). The number of nitrogens with one attached hydrogen (secondary N) is 1. The van der Waals surface area contributed by atoms with Gasteiger partial charge in [-0.3, -0.25) is 0 Å². The quantitative estimate of drug-likeness (QED) is 0.856. The third-order valence-corrected chi connectivity index (χ3v) is 4.52. The molecular weight excluding hydrogens is 254 g/mol. The molecule has 4 unspecified atom stereocenters. The van der Waals surface area contributed by atoms with E-state index in [4.69, 9.17) is 4.42 Å². The molecule has 1 N–H and O–H groups in total. The minimum atomic E-state index is -0.427. The molecule has 4 heteroatoms. The van der Waals surface area contributed by atoms with Crippen LogP contribution in [-0.4, -0.2) is 19.1 Å². The second-order valence-electron chi connectivity index (χ2n) is 6.05. The van der Waals surface area contributed by atoms with Crippen molar-refractivity contribution in [3.8, 4) is 0 Å². The average molecular weight is 279 g/mol. The maximum absolute atomic E-state index is 11.4. The number of rotatable bonds is 4. The SMILES string of the molecule is COC(=O)c1ccc(C(C)NC2CCC(C)C(C)C2)o1. The second kappa shape index (κ2) is 6.44. The number of hydrogen-bond acceptors (Lipinski definition) is 4. The summed E-state index contributed by atoms with van der Waals surface area (Å²) >= 11 is 0. The van der Waals surface area contributed by atoms with Crippen molar-refractivity contribution in [1.29, 1.82) is 0 Å². The summed E-state index contributed by atoms with van der Waals surface area (Å²) in [7, 11) is 1.36. The van der Waals surface area contributed by atoms with Gasteiger partial charge >= 0.3 is 5.97 Å². The van der Waals surface area contributed by atoms with Crippen LogP contribution < -0.4 is 5.32 Å². The van der Waals surface area contributed by atoms with E-state index in [1.165, 1.54) is 26.4 Å². The Labute approximate surface area is 120 Å². The van der Waals surface area contributed by atoms with Crippen molar-refractivity contribution < 1.29 is 13.9 Å². The predicted molar refractivity (Wildman–Crippen MR) is 77.6 cm³/mol. The minimum absolute atomic E-state index is 0.110. The van der Waals surface area contributed by atoms with E-state index in [2.05, 4.69) is 30.8 Å². The minimum Gasteiger partial charge on any atom is -0.463 e. The summed E-state index contributed by atoms with van der Waals surface area (Å²) in [6.45, 7) is 6.73. The van der Waals surface area contributed by atoms with Crippen LogP contribution in [0.3, 0.4) is 0 Å². The molecule has 1 aliphatic rings. The summed E-state index contributed by atoms with van der Waals surface area (Å²) in [6, 6.07) is 4.16. The third kappa shape index (κ3) is 3.42. The summed E-state index contributed by atoms with van der Waals surface area (Å²) < 4.78 is 10.2. The van der Waals surface area contributed by atoms with Crippen LogP contribution >= 0.6 is 0 Å². The van der Waals surface area contributed by atoms with Crippen molar-refractivity contribution in [2.45, 2.75) is 52.1 Å². The van der Waals surface area contributed by atoms with E-state index in [-0.39, 0.29) is 11.8 Å². The predicted octanol–water partition coefficient (Wildman–Crippen LogP) is 3.54. The lowest BCUT2D eigenvalue weighted by molar-refractivity contribution is 0.0562. The fourth-order valence-electron chi connectivity index (χ4n) is 2.93. The van der Waals surface area contributed by atoms with Gasteiger partial charge in [-0.1, -0.05) is 13.8 Å². The highest BCUT2D eigenvalue weighted by atomic mass is 16.5. The molecule has 1 fully saturated rings. The standard InChI is InChI=1S/C16H25NO3/c1-10-5-6-13(9-11(10)2)17-12(3)14-7-8-15(20-14)16(18)19-4/h7-8,10-13,17H,5-6,9H2,1-4H3. The molecule has 0 amide bonds. The molecule has 112 valence electrons. The van der Waals surface area contributed by atoms with Crippen LogP contribution in [0.25, 0.3) is 0 Å². The Kier molecular flexibility index (Phi) is 4.86. The smallest absolute Gasteiger partial charge is 0.373 e. The Bertz CT molecular complexity index is 454. The molecule has 0 saturated heterocycles. The number of carbonyl (C=O) groups is 1. The van der Waals surface area contributed by atoms with Gasteiger partial charge < -0.3 is 14.5 Å². The molecule has 1 aromatic rings. The summed E-state index contributed by atoms with van der Waals surface area (Å²) in [5.41, 5.74) is 0. The lowest BCUT2D eigenvalue weighted by atomic mass is 9.79. The average Bonchev–Trinajstić information content (AvgIpc) is 2.92. The van der Waals surface area contributed by atoms with Crippen molar-refractivity contribution in [3.05, 3.63) is 23.7 Å². The molecule has 0 aliphatic heterocycles. The fourth-order valence-corrected chi connectivity index (χ4v) is 2.93. The highest BCUT2D eigenvalue weighted by molar-refractivity contribution is 5.86. The van der Waals surface area contributed by atoms with Crippen molar-refractivity contribution in [2.24, 2.45) is 11.8 Å². The van der Waals surface area contributed by atoms with Crippen LogP contribution in [0.4, 0.5) is 0 Å². The second-order valence-corrected chi connectivity index (χ2v) is 6.05. The van der Waals surface area contributed by atoms with Crippen molar-refractivity contribution in [1.82, 2.24) is 5.32 Å². The lowest BCUT2D eigenvalue weighted by Crippen LogP contribution is -2.37. The lowest BCUT2D eigenvalue weighted by Gasteiger charge is -2.34. The molecule has 1 saturated carbocycles. The number of ether oxygens (including phenoxy) is 1. The Morgan fingerprint density at radius 1 is 1.35 bits per heavy atom. The molecule has 4 nitrogen and oxygen atoms in total. The number of furan rings is 1. The van der Waals surface area contributed by atoms with Crippen LogP contribution in [0.5, 0.6) is 0 Å². The highest BCUT2D eigenvalue weighted by Crippen LogP contribution is 2.30. The van der Waals surface area contributed by atoms with Crippen molar-refractivity contribution in [2.75, 3.05) is 7.11 Å². The Hall–Kier alpha value is -1.29. The van der Waals surface area contributed by atoms with E-state index in [9.17, 15) is 4.79 Å². The maximum atomic E-state index is 11.4. The van der Waals surface area contributed by atoms with Gasteiger partial charge in [-0.15, -0.1) is 0 Å². The molecule has 0 aromatic carbocycles. The van der Waals surface area contributed by atoms with Gasteiger partial charge in [0.2, 0.25) is 5.76 Å². The number of carbonyl (C=O) groups excluding carboxylic acids is 1. The van der Waals surface area contributed by atoms with Gasteiger partial charge in [0.15, 0.2) is 0 Å². The normalized spacial score (nSPS) is 28.1. The largest absolute Gasteiger partial charge is 0.463 e. The van der Waals surface area contributed by atoms with E-state index in [0.717, 1.165) is 17.6 Å². The first-order chi connectivity index (χ1) is 9.51. The zero-order valence-electron chi connectivity index (χ0n) is 12.8. The van der Waals surface area contributed by atoms with Crippen LogP contribution in [0.2, 0.25) is 0 Å². The highest BCUT2D eigenvalue weighted by Gasteiger charge is 2.26. The zero-order valence-corrected chi connectivity index (χ0v) is 12.8. The molecule has 1 aromatic heterocycles. The third-order valence-electron chi connectivity index (χ3n) is 4.52. The molecule has 1 aliphatic carbocycles. The van der Waals surface area contributed by atoms with Gasteiger partial charge in [0, 0.05) is 6.04 Å². The van der Waals surface area contributed by atoms with Crippen LogP contribution in [-0.2, 0) is 4.74 Å². The summed E-state index contributed by atoms with van der Waals surface area (Å²) in [6.07, 6.45) is 3.69. The first-order valence-corrected chi connectivity index (χ1v) is 7.45. The summed E-state index contributed by atoms with van der Waals surface area (Å²) in [4.78, 5) is 11.4. The number of esters is 1. The van der Waals surface area contributed by atoms with Crippen LogP contribution in [0.1, 0.15) is 62.4 Å². The molecule has 1 heterocycles. The first kappa shape index (κ1) is 15.1. The number of hydrogen-bond donors (Lipinski definition) is 1. The van der Waals surface area contributed by atoms with E-state index in [1.54, 1.807) is 6.07 Å². The Morgan fingerprint density at radius 3 is 2.75 bits per heavy atom. The monoisotopic (exact) mass is 279 g/mol. The van der Waals surface area contributed by atoms with E-state index in [1.807, 2.05) is 6.07 Å². The van der Waals surface area contributed by atoms with Gasteiger partial charge in [0.25, 0.3) is 0 Å². The van der Waals surface area contributed by atoms with Crippen molar-refractivity contribution in [3.63, 3.8) is 0 Å². The number of methoxy groups -OCH3 is 1. The van der Waals surface area contributed by atoms with Gasteiger partial charge in [-0.2, -0.15) is 0 Å². The first-order valence-electron chi connectivity index (χ1n) is 7.45. The van der Waals surface area contributed by atoms with Crippen molar-refractivity contribution >= 4 is 5.97 Å². The summed E-state index contributed by atoms with van der Waals surface area (Å²) in [5, 5.41) is 3.61. The Balaban J connectivity index is 1.93. The molecule has 4 atom stereocenters. The molecule has 0 spiro atoms. The van der Waals surface area contributed by atoms with Gasteiger partial charge in [-0.05, 0) is 50.2 Å². The summed E-state index contributed by atoms with van der Waals surface area (Å²) in [5.74, 6) is 2.20. The van der Waals surface area contributed by atoms with Gasteiger partial charge in [0.1, 0.15) is 5.76 Å². The maximum Gasteiger partial charge on any atom is 0.373 e. The van der Waals surface area contributed by atoms with Crippen LogP contribution in [0.15, 0.2) is 16.5 Å². The fraction of sp³-hybridized carbons (Fsp3) is 0.688. The molecule has 20 heavy (non-hydrogen) atoms. The van der Waals surface area contributed by atoms with E-state index in [0.29, 0.717) is 6.04 Å². The van der Waals surface area contributed by atoms with E-state index < -0.39 is 5.97 Å². The topological polar surface area (TPSA) is 51.5 Å². The van der Waals surface area contributed by atoms with Crippen LogP contribution in [0, 0.1) is 11.8 Å². The molecule has 0 bridgehead atoms. The van der Waals surface area contributed by atoms with Gasteiger partial charge in [0.05, 0.1) is 13.2 Å². The molecule has 0 radical (unpaired) electrons. The molecular formula is C16H25NO3.